The highest BCUT2D eigenvalue weighted by Gasteiger charge is 2.23. The van der Waals surface area contributed by atoms with Gasteiger partial charge in [-0.3, -0.25) is 0 Å². The van der Waals surface area contributed by atoms with Gasteiger partial charge in [0, 0.05) is 12.6 Å². The van der Waals surface area contributed by atoms with E-state index in [-0.39, 0.29) is 0 Å². The van der Waals surface area contributed by atoms with E-state index in [0.29, 0.717) is 19.2 Å². The van der Waals surface area contributed by atoms with Crippen LogP contribution in [0, 0.1) is 19.8 Å². The van der Waals surface area contributed by atoms with Gasteiger partial charge in [-0.25, -0.2) is 0 Å². The van der Waals surface area contributed by atoms with Crippen LogP contribution in [0.4, 0.5) is 0 Å². The van der Waals surface area contributed by atoms with Crippen molar-refractivity contribution in [2.75, 3.05) is 13.2 Å². The molecule has 112 valence electrons. The fourth-order valence-electron chi connectivity index (χ4n) is 2.48. The highest BCUT2D eigenvalue weighted by Crippen LogP contribution is 2.33. The highest BCUT2D eigenvalue weighted by atomic mass is 16.5. The average Bonchev–Trinajstić information content (AvgIpc) is 3.19. The van der Waals surface area contributed by atoms with Crippen LogP contribution in [-0.4, -0.2) is 30.4 Å². The fraction of sp³-hybridized carbons (Fsp3) is 0.647. The molecular weight excluding hydrogens is 250 g/mol. The van der Waals surface area contributed by atoms with Crippen molar-refractivity contribution < 1.29 is 9.84 Å². The first kappa shape index (κ1) is 15.3. The van der Waals surface area contributed by atoms with Crippen LogP contribution in [0.1, 0.15) is 37.3 Å². The van der Waals surface area contributed by atoms with Gasteiger partial charge in [0.1, 0.15) is 18.5 Å². The van der Waals surface area contributed by atoms with Crippen molar-refractivity contribution in [3.63, 3.8) is 0 Å². The van der Waals surface area contributed by atoms with Crippen LogP contribution in [-0.2, 0) is 0 Å². The number of aliphatic hydroxyl groups is 1. The summed E-state index contributed by atoms with van der Waals surface area (Å²) in [4.78, 5) is 0. The molecule has 1 aliphatic carbocycles. The van der Waals surface area contributed by atoms with Crippen molar-refractivity contribution >= 4 is 0 Å². The summed E-state index contributed by atoms with van der Waals surface area (Å²) in [6.07, 6.45) is 3.52. The number of aryl methyl sites for hydroxylation is 2. The molecule has 0 unspecified atom stereocenters. The Morgan fingerprint density at radius 3 is 2.75 bits per heavy atom. The molecule has 3 nitrogen and oxygen atoms in total. The maximum absolute atomic E-state index is 9.97. The number of nitrogens with one attached hydrogen (secondary N) is 1. The Morgan fingerprint density at radius 1 is 1.35 bits per heavy atom. The summed E-state index contributed by atoms with van der Waals surface area (Å²) in [5, 5.41) is 13.4. The van der Waals surface area contributed by atoms with Gasteiger partial charge < -0.3 is 15.2 Å². The minimum absolute atomic E-state index is 0.340. The molecule has 3 heteroatoms. The van der Waals surface area contributed by atoms with Gasteiger partial charge in [0.05, 0.1) is 0 Å². The van der Waals surface area contributed by atoms with Crippen LogP contribution in [0.3, 0.4) is 0 Å². The molecule has 1 aliphatic rings. The fourth-order valence-corrected chi connectivity index (χ4v) is 2.48. The lowest BCUT2D eigenvalue weighted by Gasteiger charge is -2.18. The number of ether oxygens (including phenoxy) is 1. The van der Waals surface area contributed by atoms with Crippen LogP contribution in [0.2, 0.25) is 0 Å². The molecule has 1 fully saturated rings. The second kappa shape index (κ2) is 7.09. The first-order chi connectivity index (χ1) is 9.54. The molecule has 0 aliphatic heterocycles. The lowest BCUT2D eigenvalue weighted by Crippen LogP contribution is -2.36. The van der Waals surface area contributed by atoms with Crippen molar-refractivity contribution in [1.29, 1.82) is 0 Å². The van der Waals surface area contributed by atoms with Crippen LogP contribution < -0.4 is 10.1 Å². The van der Waals surface area contributed by atoms with E-state index in [1.807, 2.05) is 19.1 Å². The van der Waals surface area contributed by atoms with E-state index in [9.17, 15) is 5.11 Å². The molecule has 20 heavy (non-hydrogen) atoms. The van der Waals surface area contributed by atoms with E-state index >= 15 is 0 Å². The van der Waals surface area contributed by atoms with E-state index in [2.05, 4.69) is 25.2 Å². The molecule has 0 amide bonds. The zero-order chi connectivity index (χ0) is 14.5. The van der Waals surface area contributed by atoms with Crippen LogP contribution >= 0.6 is 0 Å². The summed E-state index contributed by atoms with van der Waals surface area (Å²) in [6, 6.07) is 6.58. The van der Waals surface area contributed by atoms with Gasteiger partial charge in [-0.2, -0.15) is 0 Å². The third-order valence-corrected chi connectivity index (χ3v) is 3.85. The molecule has 2 rings (SSSR count). The van der Waals surface area contributed by atoms with E-state index < -0.39 is 6.10 Å². The number of aliphatic hydroxyl groups excluding tert-OH is 1. The van der Waals surface area contributed by atoms with Crippen LogP contribution in [0.15, 0.2) is 18.2 Å². The van der Waals surface area contributed by atoms with E-state index in [1.165, 1.54) is 24.8 Å². The number of hydrogen-bond donors (Lipinski definition) is 2. The normalized spacial score (nSPS) is 17.8. The van der Waals surface area contributed by atoms with Gasteiger partial charge in [-0.1, -0.05) is 30.5 Å². The Balaban J connectivity index is 1.67. The first-order valence-corrected chi connectivity index (χ1v) is 7.66. The van der Waals surface area contributed by atoms with Crippen molar-refractivity contribution in [3.8, 4) is 5.75 Å². The molecule has 0 radical (unpaired) electrons. The summed E-state index contributed by atoms with van der Waals surface area (Å²) >= 11 is 0. The molecule has 1 aromatic rings. The van der Waals surface area contributed by atoms with E-state index in [0.717, 1.165) is 17.2 Å². The second-order valence-corrected chi connectivity index (χ2v) is 6.22. The average molecular weight is 277 g/mol. The largest absolute Gasteiger partial charge is 0.491 e. The van der Waals surface area contributed by atoms with Crippen LogP contribution in [0.5, 0.6) is 5.75 Å². The van der Waals surface area contributed by atoms with Crippen LogP contribution in [0.25, 0.3) is 0 Å². The Labute approximate surface area is 122 Å². The summed E-state index contributed by atoms with van der Waals surface area (Å²) in [6.45, 7) is 7.23. The molecule has 1 saturated carbocycles. The molecule has 0 aromatic heterocycles. The minimum atomic E-state index is -0.461. The number of hydrogen-bond acceptors (Lipinski definition) is 3. The van der Waals surface area contributed by atoms with Gasteiger partial charge in [0.25, 0.3) is 0 Å². The highest BCUT2D eigenvalue weighted by molar-refractivity contribution is 5.35. The van der Waals surface area contributed by atoms with Gasteiger partial charge in [0.15, 0.2) is 0 Å². The topological polar surface area (TPSA) is 41.5 Å². The van der Waals surface area contributed by atoms with Crippen molar-refractivity contribution in [3.05, 3.63) is 29.3 Å². The SMILES string of the molecule is Cc1ccc(OC[C@@H](O)CN[C@H](C)CC2CC2)c(C)c1. The van der Waals surface area contributed by atoms with E-state index in [1.54, 1.807) is 0 Å². The molecule has 0 heterocycles. The Morgan fingerprint density at radius 2 is 2.10 bits per heavy atom. The molecule has 0 spiro atoms. The van der Waals surface area contributed by atoms with Crippen molar-refractivity contribution in [2.24, 2.45) is 5.92 Å². The third-order valence-electron chi connectivity index (χ3n) is 3.85. The summed E-state index contributed by atoms with van der Waals surface area (Å²) < 4.78 is 5.69. The van der Waals surface area contributed by atoms with E-state index in [4.69, 9.17) is 4.74 Å². The predicted molar refractivity (Wildman–Crippen MR) is 82.2 cm³/mol. The molecule has 0 saturated heterocycles. The third kappa shape index (κ3) is 5.14. The molecule has 0 bridgehead atoms. The Kier molecular flexibility index (Phi) is 5.44. The first-order valence-electron chi connectivity index (χ1n) is 7.66. The molecule has 1 aromatic carbocycles. The summed E-state index contributed by atoms with van der Waals surface area (Å²) in [5.41, 5.74) is 2.35. The number of rotatable bonds is 8. The zero-order valence-electron chi connectivity index (χ0n) is 12.9. The molecular formula is C17H27NO2. The maximum Gasteiger partial charge on any atom is 0.122 e. The van der Waals surface area contributed by atoms with Gasteiger partial charge in [-0.05, 0) is 44.7 Å². The summed E-state index contributed by atoms with van der Waals surface area (Å²) in [7, 11) is 0. The Hall–Kier alpha value is -1.06. The number of benzene rings is 1. The maximum atomic E-state index is 9.97. The smallest absolute Gasteiger partial charge is 0.122 e. The summed E-state index contributed by atoms with van der Waals surface area (Å²) in [5.74, 6) is 1.78. The van der Waals surface area contributed by atoms with Gasteiger partial charge in [0.2, 0.25) is 0 Å². The predicted octanol–water partition coefficient (Wildman–Crippen LogP) is 2.82. The Bertz CT molecular complexity index is 429. The minimum Gasteiger partial charge on any atom is -0.491 e. The quantitative estimate of drug-likeness (QED) is 0.768. The standard InChI is InChI=1S/C17H27NO2/c1-12-4-7-17(13(2)8-12)20-11-16(19)10-18-14(3)9-15-5-6-15/h4,7-8,14-16,18-19H,5-6,9-11H2,1-3H3/t14-,16+/m1/s1. The molecule has 2 atom stereocenters. The van der Waals surface area contributed by atoms with Crippen molar-refractivity contribution in [1.82, 2.24) is 5.32 Å². The molecule has 2 N–H and O–H groups in total. The lowest BCUT2D eigenvalue weighted by atomic mass is 10.1. The lowest BCUT2D eigenvalue weighted by molar-refractivity contribution is 0.103. The van der Waals surface area contributed by atoms with Crippen molar-refractivity contribution in [2.45, 2.75) is 52.2 Å². The second-order valence-electron chi connectivity index (χ2n) is 6.22. The monoisotopic (exact) mass is 277 g/mol. The van der Waals surface area contributed by atoms with Gasteiger partial charge in [-0.15, -0.1) is 0 Å². The van der Waals surface area contributed by atoms with Gasteiger partial charge >= 0.3 is 0 Å². The zero-order valence-corrected chi connectivity index (χ0v) is 12.9.